The molecular formula is C20H31N3O4. The highest BCUT2D eigenvalue weighted by Crippen LogP contribution is 2.17. The number of carbonyl (C=O) groups is 2. The molecule has 1 fully saturated rings. The monoisotopic (exact) mass is 377 g/mol. The smallest absolute Gasteiger partial charge is 0.221 e. The molecule has 0 bridgehead atoms. The zero-order valence-electron chi connectivity index (χ0n) is 16.4. The van der Waals surface area contributed by atoms with E-state index in [2.05, 4.69) is 10.2 Å². The fourth-order valence-corrected chi connectivity index (χ4v) is 3.08. The van der Waals surface area contributed by atoms with Crippen LogP contribution in [0.2, 0.25) is 0 Å². The highest BCUT2D eigenvalue weighted by molar-refractivity contribution is 5.78. The first-order chi connectivity index (χ1) is 13.1. The quantitative estimate of drug-likeness (QED) is 0.657. The Balaban J connectivity index is 1.67. The van der Waals surface area contributed by atoms with Crippen molar-refractivity contribution in [3.63, 3.8) is 0 Å². The van der Waals surface area contributed by atoms with E-state index in [-0.39, 0.29) is 11.8 Å². The number of hydrogen-bond donors (Lipinski definition) is 1. The maximum absolute atomic E-state index is 12.1. The Morgan fingerprint density at radius 2 is 1.96 bits per heavy atom. The van der Waals surface area contributed by atoms with E-state index >= 15 is 0 Å². The first kappa shape index (κ1) is 21.2. The second-order valence-electron chi connectivity index (χ2n) is 6.62. The third-order valence-corrected chi connectivity index (χ3v) is 4.75. The first-order valence-electron chi connectivity index (χ1n) is 9.54. The van der Waals surface area contributed by atoms with Crippen LogP contribution in [0.1, 0.15) is 18.9 Å². The normalized spacial score (nSPS) is 14.6. The summed E-state index contributed by atoms with van der Waals surface area (Å²) in [5, 5.41) is 2.92. The Bertz CT molecular complexity index is 603. The molecule has 1 aliphatic rings. The van der Waals surface area contributed by atoms with Gasteiger partial charge in [0.2, 0.25) is 11.8 Å². The van der Waals surface area contributed by atoms with Crippen molar-refractivity contribution in [3.8, 4) is 5.75 Å². The number of hydrogen-bond acceptors (Lipinski definition) is 5. The summed E-state index contributed by atoms with van der Waals surface area (Å²) in [6.45, 7) is 7.29. The molecular weight excluding hydrogens is 346 g/mol. The molecule has 0 saturated carbocycles. The predicted octanol–water partition coefficient (Wildman–Crippen LogP) is 0.925. The van der Waals surface area contributed by atoms with Gasteiger partial charge in [0, 0.05) is 52.6 Å². The van der Waals surface area contributed by atoms with Gasteiger partial charge in [-0.15, -0.1) is 0 Å². The fraction of sp³-hybridized carbons (Fsp3) is 0.600. The number of para-hydroxylation sites is 1. The zero-order chi connectivity index (χ0) is 19.5. The van der Waals surface area contributed by atoms with E-state index in [0.717, 1.165) is 44.2 Å². The lowest BCUT2D eigenvalue weighted by Gasteiger charge is -2.29. The minimum absolute atomic E-state index is 0.00470. The van der Waals surface area contributed by atoms with Crippen molar-refractivity contribution in [2.45, 2.75) is 19.8 Å². The molecule has 1 N–H and O–H groups in total. The SMILES string of the molecule is COc1ccccc1CCNC(=O)CCN(CCN1CCOCC1)C(C)=O. The van der Waals surface area contributed by atoms with Crippen LogP contribution in [0, 0.1) is 0 Å². The summed E-state index contributed by atoms with van der Waals surface area (Å²) in [5.41, 5.74) is 1.07. The summed E-state index contributed by atoms with van der Waals surface area (Å²) < 4.78 is 10.7. The number of ether oxygens (including phenoxy) is 2. The lowest BCUT2D eigenvalue weighted by atomic mass is 10.1. The lowest BCUT2D eigenvalue weighted by Crippen LogP contribution is -2.43. The molecule has 1 aliphatic heterocycles. The predicted molar refractivity (Wildman–Crippen MR) is 104 cm³/mol. The van der Waals surface area contributed by atoms with E-state index in [1.807, 2.05) is 24.3 Å². The topological polar surface area (TPSA) is 71.1 Å². The van der Waals surface area contributed by atoms with Crippen LogP contribution in [0.25, 0.3) is 0 Å². The molecule has 1 saturated heterocycles. The number of morpholine rings is 1. The molecule has 0 aliphatic carbocycles. The number of benzene rings is 1. The van der Waals surface area contributed by atoms with Crippen molar-refractivity contribution < 1.29 is 19.1 Å². The molecule has 1 aromatic rings. The second-order valence-corrected chi connectivity index (χ2v) is 6.62. The molecule has 2 amide bonds. The molecule has 7 nitrogen and oxygen atoms in total. The summed E-state index contributed by atoms with van der Waals surface area (Å²) in [6, 6.07) is 7.79. The summed E-state index contributed by atoms with van der Waals surface area (Å²) in [7, 11) is 1.64. The Morgan fingerprint density at radius 1 is 1.22 bits per heavy atom. The van der Waals surface area contributed by atoms with Crippen LogP contribution in [0.15, 0.2) is 24.3 Å². The summed E-state index contributed by atoms with van der Waals surface area (Å²) in [5.74, 6) is 0.796. The Labute approximate surface area is 161 Å². The number of rotatable bonds is 10. The molecule has 0 aromatic heterocycles. The Hall–Kier alpha value is -2.12. The lowest BCUT2D eigenvalue weighted by molar-refractivity contribution is -0.130. The number of nitrogens with zero attached hydrogens (tertiary/aromatic N) is 2. The molecule has 27 heavy (non-hydrogen) atoms. The molecule has 0 spiro atoms. The summed E-state index contributed by atoms with van der Waals surface area (Å²) >= 11 is 0. The van der Waals surface area contributed by atoms with Crippen molar-refractivity contribution in [1.82, 2.24) is 15.1 Å². The van der Waals surface area contributed by atoms with E-state index < -0.39 is 0 Å². The van der Waals surface area contributed by atoms with Gasteiger partial charge in [-0.1, -0.05) is 18.2 Å². The average molecular weight is 377 g/mol. The van der Waals surface area contributed by atoms with Gasteiger partial charge in [0.15, 0.2) is 0 Å². The van der Waals surface area contributed by atoms with Crippen molar-refractivity contribution in [1.29, 1.82) is 0 Å². The molecule has 1 aromatic carbocycles. The molecule has 0 atom stereocenters. The largest absolute Gasteiger partial charge is 0.496 e. The average Bonchev–Trinajstić information content (AvgIpc) is 2.68. The van der Waals surface area contributed by atoms with Gasteiger partial charge in [0.25, 0.3) is 0 Å². The highest BCUT2D eigenvalue weighted by atomic mass is 16.5. The van der Waals surface area contributed by atoms with Crippen molar-refractivity contribution in [3.05, 3.63) is 29.8 Å². The van der Waals surface area contributed by atoms with Gasteiger partial charge in [-0.2, -0.15) is 0 Å². The third kappa shape index (κ3) is 7.56. The van der Waals surface area contributed by atoms with Crippen LogP contribution in [0.4, 0.5) is 0 Å². The highest BCUT2D eigenvalue weighted by Gasteiger charge is 2.15. The molecule has 0 radical (unpaired) electrons. The molecule has 1 heterocycles. The van der Waals surface area contributed by atoms with Gasteiger partial charge in [0.1, 0.15) is 5.75 Å². The zero-order valence-corrected chi connectivity index (χ0v) is 16.4. The van der Waals surface area contributed by atoms with E-state index in [0.29, 0.717) is 32.5 Å². The Kier molecular flexibility index (Phi) is 9.07. The maximum Gasteiger partial charge on any atom is 0.221 e. The van der Waals surface area contributed by atoms with Crippen LogP contribution in [-0.4, -0.2) is 81.2 Å². The van der Waals surface area contributed by atoms with Gasteiger partial charge in [-0.3, -0.25) is 14.5 Å². The van der Waals surface area contributed by atoms with E-state index in [1.165, 1.54) is 0 Å². The standard InChI is InChI=1S/C20H31N3O4/c1-17(24)23(12-11-22-13-15-27-16-14-22)10-8-20(25)21-9-7-18-5-3-4-6-19(18)26-2/h3-6H,7-16H2,1-2H3,(H,21,25). The van der Waals surface area contributed by atoms with Gasteiger partial charge in [-0.25, -0.2) is 0 Å². The van der Waals surface area contributed by atoms with Gasteiger partial charge < -0.3 is 19.7 Å². The fourth-order valence-electron chi connectivity index (χ4n) is 3.08. The van der Waals surface area contributed by atoms with E-state index in [4.69, 9.17) is 9.47 Å². The number of nitrogens with one attached hydrogen (secondary N) is 1. The molecule has 2 rings (SSSR count). The number of carbonyl (C=O) groups excluding carboxylic acids is 2. The third-order valence-electron chi connectivity index (χ3n) is 4.75. The number of methoxy groups -OCH3 is 1. The van der Waals surface area contributed by atoms with Crippen LogP contribution in [-0.2, 0) is 20.7 Å². The maximum atomic E-state index is 12.1. The summed E-state index contributed by atoms with van der Waals surface area (Å²) in [6.07, 6.45) is 1.03. The van der Waals surface area contributed by atoms with E-state index in [9.17, 15) is 9.59 Å². The summed E-state index contributed by atoms with van der Waals surface area (Å²) in [4.78, 5) is 28.0. The van der Waals surface area contributed by atoms with E-state index in [1.54, 1.807) is 18.9 Å². The van der Waals surface area contributed by atoms with Crippen LogP contribution >= 0.6 is 0 Å². The number of amides is 2. The van der Waals surface area contributed by atoms with Gasteiger partial charge >= 0.3 is 0 Å². The minimum Gasteiger partial charge on any atom is -0.496 e. The van der Waals surface area contributed by atoms with Crippen molar-refractivity contribution in [2.75, 3.05) is 59.6 Å². The van der Waals surface area contributed by atoms with Crippen molar-refractivity contribution >= 4 is 11.8 Å². The molecule has 0 unspecified atom stereocenters. The van der Waals surface area contributed by atoms with Crippen molar-refractivity contribution in [2.24, 2.45) is 0 Å². The minimum atomic E-state index is -0.0393. The van der Waals surface area contributed by atoms with Gasteiger partial charge in [0.05, 0.1) is 20.3 Å². The molecule has 150 valence electrons. The van der Waals surface area contributed by atoms with Crippen LogP contribution in [0.5, 0.6) is 5.75 Å². The Morgan fingerprint density at radius 3 is 2.67 bits per heavy atom. The first-order valence-corrected chi connectivity index (χ1v) is 9.54. The molecule has 7 heteroatoms. The second kappa shape index (κ2) is 11.6. The van der Waals surface area contributed by atoms with Gasteiger partial charge in [-0.05, 0) is 18.1 Å². The van der Waals surface area contributed by atoms with Crippen LogP contribution < -0.4 is 10.1 Å². The van der Waals surface area contributed by atoms with Crippen LogP contribution in [0.3, 0.4) is 0 Å².